The van der Waals surface area contributed by atoms with E-state index in [2.05, 4.69) is 10.3 Å². The molecule has 0 saturated carbocycles. The Labute approximate surface area is 108 Å². The zero-order chi connectivity index (χ0) is 13.5. The third kappa shape index (κ3) is 4.07. The first-order valence-electron chi connectivity index (χ1n) is 6.26. The number of ether oxygens (including phenoxy) is 2. The summed E-state index contributed by atoms with van der Waals surface area (Å²) in [6.45, 7) is 9.33. The van der Waals surface area contributed by atoms with E-state index in [1.807, 2.05) is 20.8 Å². The molecule has 0 aromatic carbocycles. The molecule has 0 radical (unpaired) electrons. The van der Waals surface area contributed by atoms with Gasteiger partial charge in [0.1, 0.15) is 5.69 Å². The lowest BCUT2D eigenvalue weighted by Gasteiger charge is -2.11. The minimum absolute atomic E-state index is 0.212. The highest BCUT2D eigenvalue weighted by Gasteiger charge is 2.16. The third-order valence-corrected chi connectivity index (χ3v) is 2.41. The average Bonchev–Trinajstić information content (AvgIpc) is 2.66. The molecule has 0 aliphatic rings. The first kappa shape index (κ1) is 14.6. The van der Waals surface area contributed by atoms with Crippen LogP contribution in [0.3, 0.4) is 0 Å². The Hall–Kier alpha value is -1.49. The van der Waals surface area contributed by atoms with Gasteiger partial charge in [-0.2, -0.15) is 0 Å². The number of esters is 1. The fourth-order valence-corrected chi connectivity index (χ4v) is 1.58. The molecule has 0 saturated heterocycles. The van der Waals surface area contributed by atoms with E-state index >= 15 is 0 Å². The number of nitrogens with one attached hydrogen (secondary N) is 2. The number of carbonyl (C=O) groups excluding carboxylic acids is 1. The normalized spacial score (nSPS) is 10.7. The molecule has 1 aromatic heterocycles. The predicted molar refractivity (Wildman–Crippen MR) is 71.1 cm³/mol. The molecular weight excluding hydrogens is 232 g/mol. The van der Waals surface area contributed by atoms with Crippen molar-refractivity contribution in [1.29, 1.82) is 0 Å². The van der Waals surface area contributed by atoms with Gasteiger partial charge in [0.25, 0.3) is 0 Å². The van der Waals surface area contributed by atoms with Gasteiger partial charge in [0.05, 0.1) is 25.0 Å². The standard InChI is InChI=1S/C13H22N2O3/c1-5-17-13(16)12-11(10(4)8-15-12)14-6-7-18-9(2)3/h8-9,14-15H,5-7H2,1-4H3. The first-order chi connectivity index (χ1) is 8.56. The molecule has 5 nitrogen and oxygen atoms in total. The molecule has 1 rings (SSSR count). The molecule has 1 aromatic rings. The second-order valence-electron chi connectivity index (χ2n) is 4.29. The van der Waals surface area contributed by atoms with Crippen molar-refractivity contribution in [1.82, 2.24) is 4.98 Å². The van der Waals surface area contributed by atoms with Gasteiger partial charge in [-0.15, -0.1) is 0 Å². The maximum Gasteiger partial charge on any atom is 0.356 e. The lowest BCUT2D eigenvalue weighted by Crippen LogP contribution is -2.15. The summed E-state index contributed by atoms with van der Waals surface area (Å²) in [5, 5.41) is 3.20. The fourth-order valence-electron chi connectivity index (χ4n) is 1.58. The van der Waals surface area contributed by atoms with E-state index in [-0.39, 0.29) is 12.1 Å². The van der Waals surface area contributed by atoms with Gasteiger partial charge in [0.15, 0.2) is 0 Å². The van der Waals surface area contributed by atoms with Gasteiger partial charge in [-0.05, 0) is 33.3 Å². The van der Waals surface area contributed by atoms with Crippen LogP contribution in [0, 0.1) is 6.92 Å². The van der Waals surface area contributed by atoms with Gasteiger partial charge in [-0.25, -0.2) is 4.79 Å². The van der Waals surface area contributed by atoms with E-state index in [9.17, 15) is 4.79 Å². The summed E-state index contributed by atoms with van der Waals surface area (Å²) in [5.74, 6) is -0.335. The van der Waals surface area contributed by atoms with Crippen molar-refractivity contribution in [3.8, 4) is 0 Å². The van der Waals surface area contributed by atoms with Gasteiger partial charge in [-0.3, -0.25) is 0 Å². The van der Waals surface area contributed by atoms with E-state index in [0.29, 0.717) is 25.5 Å². The van der Waals surface area contributed by atoms with Gasteiger partial charge in [0.2, 0.25) is 0 Å². The molecule has 5 heteroatoms. The van der Waals surface area contributed by atoms with E-state index in [0.717, 1.165) is 11.3 Å². The molecule has 0 aliphatic heterocycles. The quantitative estimate of drug-likeness (QED) is 0.579. The second kappa shape index (κ2) is 7.06. The number of hydrogen-bond acceptors (Lipinski definition) is 4. The Morgan fingerprint density at radius 2 is 2.22 bits per heavy atom. The number of aromatic amines is 1. The highest BCUT2D eigenvalue weighted by molar-refractivity contribution is 5.94. The molecule has 0 unspecified atom stereocenters. The van der Waals surface area contributed by atoms with Crippen LogP contribution in [0.25, 0.3) is 0 Å². The van der Waals surface area contributed by atoms with E-state index in [1.165, 1.54) is 0 Å². The highest BCUT2D eigenvalue weighted by Crippen LogP contribution is 2.20. The summed E-state index contributed by atoms with van der Waals surface area (Å²) < 4.78 is 10.4. The predicted octanol–water partition coefficient (Wildman–Crippen LogP) is 2.34. The lowest BCUT2D eigenvalue weighted by molar-refractivity contribution is 0.0521. The molecule has 0 amide bonds. The molecule has 102 valence electrons. The van der Waals surface area contributed by atoms with Gasteiger partial charge in [-0.1, -0.05) is 0 Å². The lowest BCUT2D eigenvalue weighted by atomic mass is 10.2. The van der Waals surface area contributed by atoms with Gasteiger partial charge < -0.3 is 19.8 Å². The monoisotopic (exact) mass is 254 g/mol. The van der Waals surface area contributed by atoms with Crippen molar-refractivity contribution in [3.63, 3.8) is 0 Å². The average molecular weight is 254 g/mol. The summed E-state index contributed by atoms with van der Waals surface area (Å²) in [4.78, 5) is 14.6. The van der Waals surface area contributed by atoms with Crippen LogP contribution in [0.5, 0.6) is 0 Å². The van der Waals surface area contributed by atoms with Gasteiger partial charge in [0, 0.05) is 12.7 Å². The van der Waals surface area contributed by atoms with Crippen LogP contribution < -0.4 is 5.32 Å². The summed E-state index contributed by atoms with van der Waals surface area (Å²) in [6, 6.07) is 0. The maximum absolute atomic E-state index is 11.7. The molecule has 18 heavy (non-hydrogen) atoms. The fraction of sp³-hybridized carbons (Fsp3) is 0.615. The summed E-state index contributed by atoms with van der Waals surface area (Å²) >= 11 is 0. The Balaban J connectivity index is 2.58. The van der Waals surface area contributed by atoms with E-state index < -0.39 is 0 Å². The molecule has 2 N–H and O–H groups in total. The summed E-state index contributed by atoms with van der Waals surface area (Å²) in [7, 11) is 0. The van der Waals surface area contributed by atoms with Crippen molar-refractivity contribution in [2.45, 2.75) is 33.8 Å². The molecule has 0 bridgehead atoms. The Morgan fingerprint density at radius 1 is 1.50 bits per heavy atom. The third-order valence-electron chi connectivity index (χ3n) is 2.41. The number of anilines is 1. The van der Waals surface area contributed by atoms with Crippen LogP contribution in [-0.2, 0) is 9.47 Å². The molecule has 1 heterocycles. The summed E-state index contributed by atoms with van der Waals surface area (Å²) in [5.41, 5.74) is 2.25. The maximum atomic E-state index is 11.7. The second-order valence-corrected chi connectivity index (χ2v) is 4.29. The van der Waals surface area contributed by atoms with Crippen molar-refractivity contribution >= 4 is 11.7 Å². The van der Waals surface area contributed by atoms with E-state index in [4.69, 9.17) is 9.47 Å². The number of rotatable bonds is 7. The van der Waals surface area contributed by atoms with E-state index in [1.54, 1.807) is 13.1 Å². The van der Waals surface area contributed by atoms with Crippen molar-refractivity contribution in [3.05, 3.63) is 17.5 Å². The zero-order valence-electron chi connectivity index (χ0n) is 11.5. The van der Waals surface area contributed by atoms with Crippen LogP contribution in [0.2, 0.25) is 0 Å². The van der Waals surface area contributed by atoms with Crippen molar-refractivity contribution in [2.24, 2.45) is 0 Å². The minimum Gasteiger partial charge on any atom is -0.461 e. The van der Waals surface area contributed by atoms with Crippen molar-refractivity contribution < 1.29 is 14.3 Å². The SMILES string of the molecule is CCOC(=O)c1[nH]cc(C)c1NCCOC(C)C. The van der Waals surface area contributed by atoms with Crippen LogP contribution >= 0.6 is 0 Å². The number of H-pyrrole nitrogens is 1. The topological polar surface area (TPSA) is 63.4 Å². The number of carbonyl (C=O) groups is 1. The Bertz CT molecular complexity index is 386. The molecule has 0 fully saturated rings. The first-order valence-corrected chi connectivity index (χ1v) is 6.26. The zero-order valence-corrected chi connectivity index (χ0v) is 11.5. The highest BCUT2D eigenvalue weighted by atomic mass is 16.5. The minimum atomic E-state index is -0.335. The number of aryl methyl sites for hydroxylation is 1. The molecule has 0 aliphatic carbocycles. The van der Waals surface area contributed by atoms with Crippen LogP contribution in [0.1, 0.15) is 36.8 Å². The van der Waals surface area contributed by atoms with Crippen LogP contribution in [-0.4, -0.2) is 36.8 Å². The molecular formula is C13H22N2O3. The Kier molecular flexibility index (Phi) is 5.71. The smallest absolute Gasteiger partial charge is 0.356 e. The Morgan fingerprint density at radius 3 is 2.83 bits per heavy atom. The summed E-state index contributed by atoms with van der Waals surface area (Å²) in [6.07, 6.45) is 2.00. The molecule has 0 atom stereocenters. The molecule has 0 spiro atoms. The number of hydrogen-bond donors (Lipinski definition) is 2. The number of aromatic nitrogens is 1. The largest absolute Gasteiger partial charge is 0.461 e. The van der Waals surface area contributed by atoms with Crippen LogP contribution in [0.15, 0.2) is 6.20 Å². The van der Waals surface area contributed by atoms with Crippen LogP contribution in [0.4, 0.5) is 5.69 Å². The van der Waals surface area contributed by atoms with Gasteiger partial charge >= 0.3 is 5.97 Å². The van der Waals surface area contributed by atoms with Crippen molar-refractivity contribution in [2.75, 3.05) is 25.1 Å².